The molecule has 0 bridgehead atoms. The molecule has 1 aromatic heterocycles. The van der Waals surface area contributed by atoms with E-state index < -0.39 is 0 Å². The van der Waals surface area contributed by atoms with Crippen molar-refractivity contribution in [2.24, 2.45) is 0 Å². The summed E-state index contributed by atoms with van der Waals surface area (Å²) in [6.45, 7) is 0.984. The molecule has 3 heteroatoms. The van der Waals surface area contributed by atoms with E-state index in [-0.39, 0.29) is 0 Å². The van der Waals surface area contributed by atoms with Gasteiger partial charge in [0.25, 0.3) is 0 Å². The van der Waals surface area contributed by atoms with Crippen LogP contribution in [-0.4, -0.2) is 18.6 Å². The summed E-state index contributed by atoms with van der Waals surface area (Å²) in [6, 6.07) is 10.3. The standard InChI is InChI=1S/C12H14N2S/c1-13-8-7-11-9-15-12(14-11)10-5-3-2-4-6-10/h2-6,9,13H,7-8H2,1H3. The summed E-state index contributed by atoms with van der Waals surface area (Å²) in [5.41, 5.74) is 2.38. The SMILES string of the molecule is CNCCc1csc(-c2ccccc2)n1. The molecular weight excluding hydrogens is 204 g/mol. The van der Waals surface area contributed by atoms with E-state index in [0.29, 0.717) is 0 Å². The van der Waals surface area contributed by atoms with Gasteiger partial charge in [-0.25, -0.2) is 4.98 Å². The van der Waals surface area contributed by atoms with Crippen molar-refractivity contribution in [2.45, 2.75) is 6.42 Å². The molecule has 0 spiro atoms. The minimum Gasteiger partial charge on any atom is -0.319 e. The Morgan fingerprint density at radius 1 is 1.27 bits per heavy atom. The Kier molecular flexibility index (Phi) is 3.48. The van der Waals surface area contributed by atoms with Crippen molar-refractivity contribution in [3.63, 3.8) is 0 Å². The lowest BCUT2D eigenvalue weighted by Gasteiger charge is -1.95. The van der Waals surface area contributed by atoms with Gasteiger partial charge < -0.3 is 5.32 Å². The van der Waals surface area contributed by atoms with E-state index in [1.54, 1.807) is 11.3 Å². The number of benzene rings is 1. The second kappa shape index (κ2) is 5.05. The van der Waals surface area contributed by atoms with Gasteiger partial charge in [0.05, 0.1) is 5.69 Å². The van der Waals surface area contributed by atoms with Crippen LogP contribution in [0, 0.1) is 0 Å². The van der Waals surface area contributed by atoms with Crippen LogP contribution >= 0.6 is 11.3 Å². The molecule has 2 aromatic rings. The lowest BCUT2D eigenvalue weighted by molar-refractivity contribution is 0.780. The first kappa shape index (κ1) is 10.3. The maximum atomic E-state index is 4.60. The van der Waals surface area contributed by atoms with Gasteiger partial charge in [0.1, 0.15) is 5.01 Å². The van der Waals surface area contributed by atoms with Gasteiger partial charge in [0.2, 0.25) is 0 Å². The molecule has 0 fully saturated rings. The number of hydrogen-bond acceptors (Lipinski definition) is 3. The number of nitrogens with one attached hydrogen (secondary N) is 1. The second-order valence-corrected chi connectivity index (χ2v) is 4.22. The number of nitrogens with zero attached hydrogens (tertiary/aromatic N) is 1. The van der Waals surface area contributed by atoms with Crippen LogP contribution in [0.1, 0.15) is 5.69 Å². The van der Waals surface area contributed by atoms with E-state index in [1.165, 1.54) is 11.3 Å². The Labute approximate surface area is 94.0 Å². The molecule has 2 nitrogen and oxygen atoms in total. The van der Waals surface area contributed by atoms with Gasteiger partial charge in [-0.15, -0.1) is 11.3 Å². The van der Waals surface area contributed by atoms with Crippen LogP contribution in [0.5, 0.6) is 0 Å². The monoisotopic (exact) mass is 218 g/mol. The van der Waals surface area contributed by atoms with Crippen LogP contribution in [0.15, 0.2) is 35.7 Å². The third-order valence-electron chi connectivity index (χ3n) is 2.20. The molecule has 78 valence electrons. The molecule has 1 N–H and O–H groups in total. The Morgan fingerprint density at radius 3 is 2.80 bits per heavy atom. The fourth-order valence-corrected chi connectivity index (χ4v) is 2.25. The number of aromatic nitrogens is 1. The highest BCUT2D eigenvalue weighted by Crippen LogP contribution is 2.23. The van der Waals surface area contributed by atoms with Gasteiger partial charge in [-0.1, -0.05) is 30.3 Å². The molecule has 0 saturated carbocycles. The van der Waals surface area contributed by atoms with Crippen LogP contribution in [0.2, 0.25) is 0 Å². The summed E-state index contributed by atoms with van der Waals surface area (Å²) in [5, 5.41) is 6.38. The zero-order valence-electron chi connectivity index (χ0n) is 8.73. The third-order valence-corrected chi connectivity index (χ3v) is 3.14. The summed E-state index contributed by atoms with van der Waals surface area (Å²) >= 11 is 1.71. The number of thiazole rings is 1. The van der Waals surface area contributed by atoms with Gasteiger partial charge in [-0.3, -0.25) is 0 Å². The lowest BCUT2D eigenvalue weighted by Crippen LogP contribution is -2.10. The fourth-order valence-electron chi connectivity index (χ4n) is 1.39. The van der Waals surface area contributed by atoms with E-state index in [0.717, 1.165) is 18.0 Å². The van der Waals surface area contributed by atoms with Crippen molar-refractivity contribution in [3.05, 3.63) is 41.4 Å². The maximum Gasteiger partial charge on any atom is 0.123 e. The van der Waals surface area contributed by atoms with E-state index in [4.69, 9.17) is 0 Å². The van der Waals surface area contributed by atoms with Crippen molar-refractivity contribution in [1.82, 2.24) is 10.3 Å². The van der Waals surface area contributed by atoms with Crippen molar-refractivity contribution in [2.75, 3.05) is 13.6 Å². The first-order valence-corrected chi connectivity index (χ1v) is 5.92. The zero-order valence-corrected chi connectivity index (χ0v) is 9.55. The lowest BCUT2D eigenvalue weighted by atomic mass is 10.2. The van der Waals surface area contributed by atoms with E-state index in [9.17, 15) is 0 Å². The van der Waals surface area contributed by atoms with E-state index in [2.05, 4.69) is 27.8 Å². The predicted octanol–water partition coefficient (Wildman–Crippen LogP) is 2.57. The summed E-state index contributed by atoms with van der Waals surface area (Å²) in [5.74, 6) is 0. The van der Waals surface area contributed by atoms with Gasteiger partial charge in [0, 0.05) is 23.9 Å². The van der Waals surface area contributed by atoms with Gasteiger partial charge in [-0.2, -0.15) is 0 Å². The molecular formula is C12H14N2S. The number of rotatable bonds is 4. The van der Waals surface area contributed by atoms with Crippen LogP contribution in [0.25, 0.3) is 10.6 Å². The van der Waals surface area contributed by atoms with Crippen LogP contribution < -0.4 is 5.32 Å². The summed E-state index contributed by atoms with van der Waals surface area (Å²) < 4.78 is 0. The molecule has 0 aliphatic carbocycles. The quantitative estimate of drug-likeness (QED) is 0.853. The first-order chi connectivity index (χ1) is 7.40. The maximum absolute atomic E-state index is 4.60. The molecule has 1 aromatic carbocycles. The second-order valence-electron chi connectivity index (χ2n) is 3.36. The molecule has 1 heterocycles. The van der Waals surface area contributed by atoms with Crippen molar-refractivity contribution in [1.29, 1.82) is 0 Å². The molecule has 0 aliphatic heterocycles. The van der Waals surface area contributed by atoms with Gasteiger partial charge in [0.15, 0.2) is 0 Å². The predicted molar refractivity (Wildman–Crippen MR) is 65.2 cm³/mol. The van der Waals surface area contributed by atoms with Crippen molar-refractivity contribution in [3.8, 4) is 10.6 Å². The molecule has 0 atom stereocenters. The Hall–Kier alpha value is -1.19. The van der Waals surface area contributed by atoms with Gasteiger partial charge >= 0.3 is 0 Å². The molecule has 0 radical (unpaired) electrons. The zero-order chi connectivity index (χ0) is 10.5. The average Bonchev–Trinajstić information content (AvgIpc) is 2.76. The average molecular weight is 218 g/mol. The molecule has 0 amide bonds. The normalized spacial score (nSPS) is 10.5. The van der Waals surface area contributed by atoms with Gasteiger partial charge in [-0.05, 0) is 7.05 Å². The molecule has 0 aliphatic rings. The highest BCUT2D eigenvalue weighted by atomic mass is 32.1. The molecule has 15 heavy (non-hydrogen) atoms. The smallest absolute Gasteiger partial charge is 0.123 e. The number of hydrogen-bond donors (Lipinski definition) is 1. The Balaban J connectivity index is 2.14. The summed E-state index contributed by atoms with van der Waals surface area (Å²) in [6.07, 6.45) is 1.000. The van der Waals surface area contributed by atoms with Crippen molar-refractivity contribution >= 4 is 11.3 Å². The topological polar surface area (TPSA) is 24.9 Å². The van der Waals surface area contributed by atoms with Crippen LogP contribution in [-0.2, 0) is 6.42 Å². The fraction of sp³-hybridized carbons (Fsp3) is 0.250. The minimum absolute atomic E-state index is 0.984. The summed E-state index contributed by atoms with van der Waals surface area (Å²) in [7, 11) is 1.96. The summed E-state index contributed by atoms with van der Waals surface area (Å²) in [4.78, 5) is 4.60. The largest absolute Gasteiger partial charge is 0.319 e. The molecule has 2 rings (SSSR count). The molecule has 0 saturated heterocycles. The Bertz CT molecular complexity index is 409. The third kappa shape index (κ3) is 2.64. The number of likely N-dealkylation sites (N-methyl/N-ethyl adjacent to an activating group) is 1. The van der Waals surface area contributed by atoms with Crippen LogP contribution in [0.4, 0.5) is 0 Å². The highest BCUT2D eigenvalue weighted by Gasteiger charge is 2.03. The van der Waals surface area contributed by atoms with E-state index >= 15 is 0 Å². The minimum atomic E-state index is 0.984. The Morgan fingerprint density at radius 2 is 2.07 bits per heavy atom. The molecule has 0 unspecified atom stereocenters. The highest BCUT2D eigenvalue weighted by molar-refractivity contribution is 7.13. The van der Waals surface area contributed by atoms with Crippen molar-refractivity contribution < 1.29 is 0 Å². The van der Waals surface area contributed by atoms with E-state index in [1.807, 2.05) is 25.2 Å². The van der Waals surface area contributed by atoms with Crippen LogP contribution in [0.3, 0.4) is 0 Å². The first-order valence-electron chi connectivity index (χ1n) is 5.04.